The van der Waals surface area contributed by atoms with E-state index in [0.29, 0.717) is 16.7 Å². The maximum atomic E-state index is 12.3. The number of nitrogens with one attached hydrogen (secondary N) is 1. The Labute approximate surface area is 136 Å². The van der Waals surface area contributed by atoms with Gasteiger partial charge < -0.3 is 5.32 Å². The standard InChI is InChI=1S/C16H16BrF2NS/c1-2-15(11-3-5-12(17)6-4-11)20-13-7-9-14(10-8-13)21-16(18)19/h3-10,15-16,20H,2H2,1H3. The lowest BCUT2D eigenvalue weighted by Crippen LogP contribution is -2.09. The third-order valence-electron chi connectivity index (χ3n) is 3.10. The third kappa shape index (κ3) is 5.00. The van der Waals surface area contributed by atoms with Crippen molar-refractivity contribution in [1.82, 2.24) is 0 Å². The quantitative estimate of drug-likeness (QED) is 0.595. The maximum absolute atomic E-state index is 12.3. The molecule has 0 aliphatic carbocycles. The van der Waals surface area contributed by atoms with Crippen molar-refractivity contribution < 1.29 is 8.78 Å². The van der Waals surface area contributed by atoms with Crippen molar-refractivity contribution in [1.29, 1.82) is 0 Å². The molecule has 1 atom stereocenters. The second-order valence-corrected chi connectivity index (χ2v) is 6.54. The van der Waals surface area contributed by atoms with E-state index < -0.39 is 5.76 Å². The highest BCUT2D eigenvalue weighted by atomic mass is 79.9. The summed E-state index contributed by atoms with van der Waals surface area (Å²) in [6, 6.07) is 15.5. The fraction of sp³-hybridized carbons (Fsp3) is 0.250. The van der Waals surface area contributed by atoms with Gasteiger partial charge in [-0.1, -0.05) is 46.7 Å². The Bertz CT molecular complexity index is 557. The van der Waals surface area contributed by atoms with Gasteiger partial charge in [-0.25, -0.2) is 0 Å². The molecule has 0 bridgehead atoms. The summed E-state index contributed by atoms with van der Waals surface area (Å²) in [5.74, 6) is -2.38. The van der Waals surface area contributed by atoms with Crippen molar-refractivity contribution in [2.24, 2.45) is 0 Å². The number of rotatable bonds is 6. The van der Waals surface area contributed by atoms with Crippen LogP contribution in [0, 0.1) is 0 Å². The van der Waals surface area contributed by atoms with Crippen LogP contribution >= 0.6 is 27.7 Å². The van der Waals surface area contributed by atoms with Gasteiger partial charge in [0.1, 0.15) is 0 Å². The zero-order valence-corrected chi connectivity index (χ0v) is 13.9. The van der Waals surface area contributed by atoms with E-state index in [-0.39, 0.29) is 6.04 Å². The summed E-state index contributed by atoms with van der Waals surface area (Å²) in [5, 5.41) is 3.43. The van der Waals surface area contributed by atoms with Crippen LogP contribution in [0.5, 0.6) is 0 Å². The zero-order valence-electron chi connectivity index (χ0n) is 11.5. The predicted molar refractivity (Wildman–Crippen MR) is 89.1 cm³/mol. The van der Waals surface area contributed by atoms with Crippen LogP contribution in [0.1, 0.15) is 24.9 Å². The predicted octanol–water partition coefficient (Wildman–Crippen LogP) is 6.33. The lowest BCUT2D eigenvalue weighted by molar-refractivity contribution is 0.252. The maximum Gasteiger partial charge on any atom is 0.288 e. The molecule has 0 saturated carbocycles. The van der Waals surface area contributed by atoms with Crippen LogP contribution in [0.25, 0.3) is 0 Å². The van der Waals surface area contributed by atoms with E-state index in [1.807, 2.05) is 24.3 Å². The minimum atomic E-state index is -2.38. The fourth-order valence-corrected chi connectivity index (χ4v) is 2.81. The summed E-state index contributed by atoms with van der Waals surface area (Å²) < 4.78 is 25.6. The number of thioether (sulfide) groups is 1. The minimum Gasteiger partial charge on any atom is -0.378 e. The van der Waals surface area contributed by atoms with Gasteiger partial charge >= 0.3 is 0 Å². The normalized spacial score (nSPS) is 12.4. The molecule has 0 amide bonds. The molecule has 2 rings (SSSR count). The Kier molecular flexibility index (Phi) is 6.06. The first kappa shape index (κ1) is 16.3. The monoisotopic (exact) mass is 371 g/mol. The summed E-state index contributed by atoms with van der Waals surface area (Å²) in [6.45, 7) is 2.11. The van der Waals surface area contributed by atoms with E-state index in [0.717, 1.165) is 16.6 Å². The number of hydrogen-bond donors (Lipinski definition) is 1. The smallest absolute Gasteiger partial charge is 0.288 e. The summed E-state index contributed by atoms with van der Waals surface area (Å²) >= 11 is 3.99. The van der Waals surface area contributed by atoms with Crippen LogP contribution in [-0.4, -0.2) is 5.76 Å². The molecule has 0 saturated heterocycles. The first-order valence-electron chi connectivity index (χ1n) is 6.65. The first-order valence-corrected chi connectivity index (χ1v) is 8.32. The zero-order chi connectivity index (χ0) is 15.2. The van der Waals surface area contributed by atoms with E-state index >= 15 is 0 Å². The fourth-order valence-electron chi connectivity index (χ4n) is 2.05. The molecule has 0 aliphatic heterocycles. The molecular weight excluding hydrogens is 356 g/mol. The average Bonchev–Trinajstić information content (AvgIpc) is 2.47. The number of anilines is 1. The Morgan fingerprint density at radius 3 is 2.19 bits per heavy atom. The highest BCUT2D eigenvalue weighted by molar-refractivity contribution is 9.10. The van der Waals surface area contributed by atoms with E-state index in [1.54, 1.807) is 12.1 Å². The van der Waals surface area contributed by atoms with Gasteiger partial charge in [0.05, 0.1) is 6.04 Å². The summed E-state index contributed by atoms with van der Waals surface area (Å²) in [6.07, 6.45) is 0.940. The average molecular weight is 372 g/mol. The molecule has 1 unspecified atom stereocenters. The molecule has 1 N–H and O–H groups in total. The molecule has 0 aliphatic rings. The molecule has 112 valence electrons. The summed E-state index contributed by atoms with van der Waals surface area (Å²) in [5.41, 5.74) is 2.13. The van der Waals surface area contributed by atoms with Crippen LogP contribution in [0.2, 0.25) is 0 Å². The van der Waals surface area contributed by atoms with Crippen LogP contribution in [0.4, 0.5) is 14.5 Å². The molecule has 21 heavy (non-hydrogen) atoms. The second kappa shape index (κ2) is 7.80. The molecule has 0 radical (unpaired) electrons. The minimum absolute atomic E-state index is 0.201. The number of halogens is 3. The highest BCUT2D eigenvalue weighted by Crippen LogP contribution is 2.28. The largest absolute Gasteiger partial charge is 0.378 e. The third-order valence-corrected chi connectivity index (χ3v) is 4.35. The second-order valence-electron chi connectivity index (χ2n) is 4.56. The van der Waals surface area contributed by atoms with Gasteiger partial charge in [-0.3, -0.25) is 0 Å². The Balaban J connectivity index is 2.06. The number of benzene rings is 2. The van der Waals surface area contributed by atoms with Crippen LogP contribution in [0.15, 0.2) is 57.9 Å². The lowest BCUT2D eigenvalue weighted by Gasteiger charge is -2.19. The van der Waals surface area contributed by atoms with E-state index in [1.165, 1.54) is 5.56 Å². The summed E-state index contributed by atoms with van der Waals surface area (Å²) in [4.78, 5) is 0.576. The molecule has 2 aromatic carbocycles. The van der Waals surface area contributed by atoms with Gasteiger partial charge in [-0.15, -0.1) is 0 Å². The first-order chi connectivity index (χ1) is 10.1. The van der Waals surface area contributed by atoms with Crippen molar-refractivity contribution in [3.63, 3.8) is 0 Å². The SMILES string of the molecule is CCC(Nc1ccc(SC(F)F)cc1)c1ccc(Br)cc1. The molecule has 0 aromatic heterocycles. The van der Waals surface area contributed by atoms with Gasteiger partial charge in [0, 0.05) is 15.1 Å². The number of hydrogen-bond acceptors (Lipinski definition) is 2. The van der Waals surface area contributed by atoms with Gasteiger partial charge in [0.2, 0.25) is 0 Å². The van der Waals surface area contributed by atoms with Gasteiger partial charge in [0.15, 0.2) is 0 Å². The van der Waals surface area contributed by atoms with E-state index in [4.69, 9.17) is 0 Å². The molecule has 0 spiro atoms. The Morgan fingerprint density at radius 1 is 1.05 bits per heavy atom. The molecular formula is C16H16BrF2NS. The van der Waals surface area contributed by atoms with Gasteiger partial charge in [-0.05, 0) is 48.4 Å². The summed E-state index contributed by atoms with van der Waals surface area (Å²) in [7, 11) is 0. The molecule has 2 aromatic rings. The molecule has 0 heterocycles. The van der Waals surface area contributed by atoms with E-state index in [2.05, 4.69) is 40.3 Å². The topological polar surface area (TPSA) is 12.0 Å². The van der Waals surface area contributed by atoms with Gasteiger partial charge in [-0.2, -0.15) is 8.78 Å². The van der Waals surface area contributed by atoms with Crippen molar-refractivity contribution in [3.05, 3.63) is 58.6 Å². The molecule has 0 fully saturated rings. The van der Waals surface area contributed by atoms with Gasteiger partial charge in [0.25, 0.3) is 5.76 Å². The van der Waals surface area contributed by atoms with Crippen molar-refractivity contribution in [3.8, 4) is 0 Å². The van der Waals surface area contributed by atoms with Crippen LogP contribution in [0.3, 0.4) is 0 Å². The van der Waals surface area contributed by atoms with Crippen LogP contribution < -0.4 is 5.32 Å². The van der Waals surface area contributed by atoms with Crippen molar-refractivity contribution in [2.75, 3.05) is 5.32 Å². The highest BCUT2D eigenvalue weighted by Gasteiger charge is 2.10. The van der Waals surface area contributed by atoms with Crippen molar-refractivity contribution in [2.45, 2.75) is 30.0 Å². The van der Waals surface area contributed by atoms with Crippen LogP contribution in [-0.2, 0) is 0 Å². The Morgan fingerprint density at radius 2 is 1.67 bits per heavy atom. The molecule has 5 heteroatoms. The lowest BCUT2D eigenvalue weighted by atomic mass is 10.0. The Hall–Kier alpha value is -1.07. The van der Waals surface area contributed by atoms with Crippen molar-refractivity contribution >= 4 is 33.4 Å². The number of alkyl halides is 2. The van der Waals surface area contributed by atoms with E-state index in [9.17, 15) is 8.78 Å². The molecule has 1 nitrogen and oxygen atoms in total.